The molecule has 264 valence electrons. The molecular formula is C49H44O4. The summed E-state index contributed by atoms with van der Waals surface area (Å²) >= 11 is 0. The zero-order valence-electron chi connectivity index (χ0n) is 29.7. The SMILES string of the molecule is C1=CC2Oc3c(C4=CC5OC6C=CC=CC6C6(C7=C(CC(C8=CC=CC9C8OC8C=CC=CC89)C=C7)OC7CC=CCC76)C5C=C4)cccc3C2C=C1. The van der Waals surface area contributed by atoms with Crippen LogP contribution in [0, 0.1) is 40.9 Å². The molecule has 14 atom stereocenters. The molecule has 4 aliphatic heterocycles. The van der Waals surface area contributed by atoms with Crippen molar-refractivity contribution in [3.05, 3.63) is 180 Å². The smallest absolute Gasteiger partial charge is 0.132 e. The molecular weight excluding hydrogens is 653 g/mol. The minimum Gasteiger partial charge on any atom is -0.494 e. The summed E-state index contributed by atoms with van der Waals surface area (Å²) in [5, 5.41) is 0. The van der Waals surface area contributed by atoms with E-state index in [4.69, 9.17) is 18.9 Å². The Kier molecular flexibility index (Phi) is 6.78. The minimum atomic E-state index is -0.185. The molecule has 14 unspecified atom stereocenters. The maximum Gasteiger partial charge on any atom is 0.132 e. The Morgan fingerprint density at radius 2 is 1.45 bits per heavy atom. The Bertz CT molecular complexity index is 2180. The van der Waals surface area contributed by atoms with Gasteiger partial charge in [0, 0.05) is 70.8 Å². The quantitative estimate of drug-likeness (QED) is 0.289. The highest BCUT2D eigenvalue weighted by molar-refractivity contribution is 5.81. The third-order valence-corrected chi connectivity index (χ3v) is 14.3. The van der Waals surface area contributed by atoms with Crippen molar-refractivity contribution in [3.8, 4) is 5.75 Å². The fraction of sp³-hybridized carbons (Fsp3) is 0.347. The van der Waals surface area contributed by atoms with Crippen molar-refractivity contribution in [2.75, 3.05) is 0 Å². The number of benzene rings is 1. The topological polar surface area (TPSA) is 36.9 Å². The number of allylic oxidation sites excluding steroid dienone is 15. The van der Waals surface area contributed by atoms with Crippen LogP contribution in [0.25, 0.3) is 5.57 Å². The summed E-state index contributed by atoms with van der Waals surface area (Å²) in [6, 6.07) is 6.64. The molecule has 1 aromatic carbocycles. The summed E-state index contributed by atoms with van der Waals surface area (Å²) in [6.07, 6.45) is 53.9. The first-order chi connectivity index (χ1) is 26.3. The van der Waals surface area contributed by atoms with Gasteiger partial charge in [-0.1, -0.05) is 140 Å². The molecule has 4 heteroatoms. The number of hydrogen-bond acceptors (Lipinski definition) is 4. The second kappa shape index (κ2) is 11.7. The molecule has 12 rings (SSSR count). The Morgan fingerprint density at radius 3 is 2.42 bits per heavy atom. The molecule has 2 fully saturated rings. The maximum absolute atomic E-state index is 7.21. The highest BCUT2D eigenvalue weighted by atomic mass is 16.5. The van der Waals surface area contributed by atoms with Gasteiger partial charge in [0.15, 0.2) is 0 Å². The van der Waals surface area contributed by atoms with Crippen LogP contribution in [0.1, 0.15) is 36.3 Å². The number of fused-ring (bicyclic) bond motifs is 13. The van der Waals surface area contributed by atoms with E-state index in [0.29, 0.717) is 17.8 Å². The van der Waals surface area contributed by atoms with E-state index in [1.165, 1.54) is 28.0 Å². The Hall–Kier alpha value is -4.64. The summed E-state index contributed by atoms with van der Waals surface area (Å²) in [6.45, 7) is 0. The second-order valence-corrected chi connectivity index (χ2v) is 16.6. The molecule has 1 aromatic rings. The molecule has 53 heavy (non-hydrogen) atoms. The highest BCUT2D eigenvalue weighted by Crippen LogP contribution is 2.65. The summed E-state index contributed by atoms with van der Waals surface area (Å²) in [5.74, 6) is 4.16. The van der Waals surface area contributed by atoms with E-state index in [-0.39, 0.29) is 65.7 Å². The lowest BCUT2D eigenvalue weighted by Gasteiger charge is -2.62. The fourth-order valence-electron chi connectivity index (χ4n) is 12.1. The molecule has 0 saturated carbocycles. The van der Waals surface area contributed by atoms with Crippen molar-refractivity contribution in [1.29, 1.82) is 0 Å². The molecule has 1 spiro atoms. The number of para-hydroxylation sites is 1. The Morgan fingerprint density at radius 1 is 0.642 bits per heavy atom. The van der Waals surface area contributed by atoms with Gasteiger partial charge in [0.05, 0.1) is 24.4 Å². The summed E-state index contributed by atoms with van der Waals surface area (Å²) in [4.78, 5) is 0. The highest BCUT2D eigenvalue weighted by Gasteiger charge is 2.64. The van der Waals surface area contributed by atoms with Crippen LogP contribution in [0.3, 0.4) is 0 Å². The summed E-state index contributed by atoms with van der Waals surface area (Å²) < 4.78 is 27.8. The molecule has 0 radical (unpaired) electrons. The first-order valence-electron chi connectivity index (χ1n) is 19.9. The average molecular weight is 697 g/mol. The van der Waals surface area contributed by atoms with Crippen LogP contribution in [0.5, 0.6) is 5.75 Å². The van der Waals surface area contributed by atoms with E-state index in [2.05, 4.69) is 152 Å². The monoisotopic (exact) mass is 696 g/mol. The molecule has 0 bridgehead atoms. The predicted octanol–water partition coefficient (Wildman–Crippen LogP) is 9.54. The third kappa shape index (κ3) is 4.37. The van der Waals surface area contributed by atoms with Gasteiger partial charge < -0.3 is 18.9 Å². The van der Waals surface area contributed by atoms with Gasteiger partial charge in [-0.15, -0.1) is 0 Å². The fourth-order valence-corrected chi connectivity index (χ4v) is 12.1. The van der Waals surface area contributed by atoms with Crippen LogP contribution in [0.2, 0.25) is 0 Å². The van der Waals surface area contributed by atoms with E-state index in [1.54, 1.807) is 0 Å². The van der Waals surface area contributed by atoms with Crippen molar-refractivity contribution < 1.29 is 18.9 Å². The van der Waals surface area contributed by atoms with Crippen molar-refractivity contribution in [2.45, 2.75) is 61.8 Å². The van der Waals surface area contributed by atoms with E-state index in [1.807, 2.05) is 0 Å². The first kappa shape index (κ1) is 30.8. The predicted molar refractivity (Wildman–Crippen MR) is 208 cm³/mol. The van der Waals surface area contributed by atoms with Gasteiger partial charge in [0.25, 0.3) is 0 Å². The molecule has 0 aromatic heterocycles. The Balaban J connectivity index is 0.943. The first-order valence-corrected chi connectivity index (χ1v) is 19.9. The normalized spacial score (nSPS) is 43.8. The van der Waals surface area contributed by atoms with Gasteiger partial charge in [-0.05, 0) is 35.3 Å². The van der Waals surface area contributed by atoms with Crippen LogP contribution < -0.4 is 4.74 Å². The van der Waals surface area contributed by atoms with Crippen molar-refractivity contribution in [2.24, 2.45) is 40.9 Å². The van der Waals surface area contributed by atoms with E-state index in [9.17, 15) is 0 Å². The standard InChI is InChI=1S/C49H44O4/c1-5-19-41-33(11-1)35-15-9-13-31(47(35)52-41)29-23-25-39-45(27-29)50-43-21-7-3-17-37(43)49(39)38-18-4-8-22-44(38)51-46-28-30(24-26-40(46)49)32-14-10-16-36-34-12-2-6-20-42(34)53-48(32)36/h1-17,19-21,23-27,30,33-34,36-39,41-45,48H,18,22,28H2. The minimum absolute atomic E-state index is 0.0195. The molecule has 2 saturated heterocycles. The number of hydrogen-bond donors (Lipinski definition) is 0. The molecule has 0 amide bonds. The van der Waals surface area contributed by atoms with Crippen molar-refractivity contribution >= 4 is 5.57 Å². The van der Waals surface area contributed by atoms with Crippen molar-refractivity contribution in [3.63, 3.8) is 0 Å². The van der Waals surface area contributed by atoms with Crippen LogP contribution >= 0.6 is 0 Å². The lowest BCUT2D eigenvalue weighted by Crippen LogP contribution is -2.62. The zero-order chi connectivity index (χ0) is 34.7. The number of rotatable bonds is 2. The van der Waals surface area contributed by atoms with E-state index >= 15 is 0 Å². The van der Waals surface area contributed by atoms with Crippen molar-refractivity contribution in [1.82, 2.24) is 0 Å². The molecule has 4 heterocycles. The van der Waals surface area contributed by atoms with Crippen LogP contribution in [-0.4, -0.2) is 36.6 Å². The van der Waals surface area contributed by atoms with E-state index < -0.39 is 0 Å². The molecule has 4 nitrogen and oxygen atoms in total. The second-order valence-electron chi connectivity index (χ2n) is 16.6. The van der Waals surface area contributed by atoms with Gasteiger partial charge >= 0.3 is 0 Å². The summed E-state index contributed by atoms with van der Waals surface area (Å²) in [7, 11) is 0. The van der Waals surface area contributed by atoms with Gasteiger partial charge in [-0.25, -0.2) is 0 Å². The zero-order valence-corrected chi connectivity index (χ0v) is 29.7. The molecule has 7 aliphatic carbocycles. The number of ether oxygens (including phenoxy) is 4. The maximum atomic E-state index is 7.21. The third-order valence-electron chi connectivity index (χ3n) is 14.3. The largest absolute Gasteiger partial charge is 0.494 e. The van der Waals surface area contributed by atoms with Gasteiger partial charge in [0.2, 0.25) is 0 Å². The Labute approximate surface area is 312 Å². The van der Waals surface area contributed by atoms with Crippen LogP contribution in [0.4, 0.5) is 0 Å². The molecule has 0 N–H and O–H groups in total. The van der Waals surface area contributed by atoms with E-state index in [0.717, 1.165) is 30.6 Å². The summed E-state index contributed by atoms with van der Waals surface area (Å²) in [5.41, 5.74) is 6.21. The lowest BCUT2D eigenvalue weighted by molar-refractivity contribution is -0.164. The van der Waals surface area contributed by atoms with Gasteiger partial charge in [0.1, 0.15) is 23.7 Å². The lowest BCUT2D eigenvalue weighted by atomic mass is 9.47. The average Bonchev–Trinajstić information content (AvgIpc) is 3.79. The van der Waals surface area contributed by atoms with Crippen LogP contribution in [0.15, 0.2) is 169 Å². The van der Waals surface area contributed by atoms with Gasteiger partial charge in [-0.3, -0.25) is 0 Å². The van der Waals surface area contributed by atoms with Gasteiger partial charge in [-0.2, -0.15) is 0 Å². The van der Waals surface area contributed by atoms with Crippen LogP contribution in [-0.2, 0) is 14.2 Å². The molecule has 11 aliphatic rings.